The molecule has 0 radical (unpaired) electrons. The Hall–Kier alpha value is -0.830. The molecule has 3 aliphatic rings. The number of primary amides is 1. The van der Waals surface area contributed by atoms with Gasteiger partial charge in [0.1, 0.15) is 0 Å². The van der Waals surface area contributed by atoms with Gasteiger partial charge in [-0.05, 0) is 44.9 Å². The van der Waals surface area contributed by atoms with Gasteiger partial charge in [-0.3, -0.25) is 9.69 Å². The normalized spacial score (nSPS) is 34.0. The Balaban J connectivity index is 1.74. The van der Waals surface area contributed by atoms with Gasteiger partial charge in [0, 0.05) is 12.1 Å². The van der Waals surface area contributed by atoms with Crippen LogP contribution in [0.15, 0.2) is 11.1 Å². The van der Waals surface area contributed by atoms with Crippen molar-refractivity contribution in [1.29, 1.82) is 0 Å². The van der Waals surface area contributed by atoms with E-state index >= 15 is 0 Å². The molecule has 16 heavy (non-hydrogen) atoms. The molecule has 0 aromatic carbocycles. The van der Waals surface area contributed by atoms with Crippen LogP contribution in [0.5, 0.6) is 0 Å². The summed E-state index contributed by atoms with van der Waals surface area (Å²) in [7, 11) is 0. The summed E-state index contributed by atoms with van der Waals surface area (Å²) in [6, 6.07) is 1.21. The first kappa shape index (κ1) is 10.3. The third-order valence-electron chi connectivity index (χ3n) is 4.53. The molecular formula is C13H20N2O. The molecule has 0 spiro atoms. The molecule has 2 heterocycles. The Bertz CT molecular complexity index is 326. The maximum absolute atomic E-state index is 11.0. The third-order valence-corrected chi connectivity index (χ3v) is 4.53. The van der Waals surface area contributed by atoms with Gasteiger partial charge in [0.25, 0.3) is 0 Å². The van der Waals surface area contributed by atoms with Gasteiger partial charge in [0.15, 0.2) is 0 Å². The summed E-state index contributed by atoms with van der Waals surface area (Å²) in [6.45, 7) is 0.470. The highest BCUT2D eigenvalue weighted by Crippen LogP contribution is 2.42. The predicted octanol–water partition coefficient (Wildman–Crippen LogP) is 1.58. The molecule has 2 saturated heterocycles. The van der Waals surface area contributed by atoms with Crippen molar-refractivity contribution < 1.29 is 4.79 Å². The molecular weight excluding hydrogens is 200 g/mol. The van der Waals surface area contributed by atoms with Gasteiger partial charge in [-0.1, -0.05) is 11.1 Å². The van der Waals surface area contributed by atoms with E-state index in [0.29, 0.717) is 18.6 Å². The van der Waals surface area contributed by atoms with E-state index in [1.807, 2.05) is 0 Å². The quantitative estimate of drug-likeness (QED) is 0.718. The summed E-state index contributed by atoms with van der Waals surface area (Å²) < 4.78 is 0. The fourth-order valence-corrected chi connectivity index (χ4v) is 3.54. The second-order valence-corrected chi connectivity index (χ2v) is 5.49. The predicted molar refractivity (Wildman–Crippen MR) is 62.8 cm³/mol. The van der Waals surface area contributed by atoms with Gasteiger partial charge in [-0.2, -0.15) is 0 Å². The van der Waals surface area contributed by atoms with Gasteiger partial charge in [-0.25, -0.2) is 0 Å². The summed E-state index contributed by atoms with van der Waals surface area (Å²) in [4.78, 5) is 13.4. The van der Waals surface area contributed by atoms with E-state index in [1.165, 1.54) is 44.9 Å². The second kappa shape index (κ2) is 3.88. The molecule has 3 nitrogen and oxygen atoms in total. The van der Waals surface area contributed by atoms with Crippen LogP contribution in [0.25, 0.3) is 0 Å². The van der Waals surface area contributed by atoms with Crippen LogP contribution in [-0.2, 0) is 4.79 Å². The third kappa shape index (κ3) is 1.67. The van der Waals surface area contributed by atoms with Gasteiger partial charge in [0.2, 0.25) is 5.91 Å². The monoisotopic (exact) mass is 220 g/mol. The van der Waals surface area contributed by atoms with E-state index in [1.54, 1.807) is 11.1 Å². The first-order valence-electron chi connectivity index (χ1n) is 6.48. The molecule has 2 N–H and O–H groups in total. The van der Waals surface area contributed by atoms with E-state index in [9.17, 15) is 4.79 Å². The molecule has 3 heteroatoms. The van der Waals surface area contributed by atoms with E-state index < -0.39 is 0 Å². The lowest BCUT2D eigenvalue weighted by molar-refractivity contribution is -0.120. The molecule has 0 aromatic heterocycles. The van der Waals surface area contributed by atoms with E-state index in [2.05, 4.69) is 4.90 Å². The molecule has 1 saturated carbocycles. The molecule has 88 valence electrons. The zero-order valence-electron chi connectivity index (χ0n) is 9.74. The Kier molecular flexibility index (Phi) is 2.51. The minimum Gasteiger partial charge on any atom is -0.369 e. The highest BCUT2D eigenvalue weighted by atomic mass is 16.1. The lowest BCUT2D eigenvalue weighted by Gasteiger charge is -2.37. The van der Waals surface area contributed by atoms with Crippen LogP contribution < -0.4 is 5.73 Å². The van der Waals surface area contributed by atoms with Gasteiger partial charge >= 0.3 is 0 Å². The Morgan fingerprint density at radius 2 is 1.81 bits per heavy atom. The van der Waals surface area contributed by atoms with Crippen LogP contribution in [0.2, 0.25) is 0 Å². The Morgan fingerprint density at radius 1 is 1.19 bits per heavy atom. The number of nitrogens with two attached hydrogens (primary N) is 1. The molecule has 3 rings (SSSR count). The number of nitrogens with zero attached hydrogens (tertiary/aromatic N) is 1. The van der Waals surface area contributed by atoms with Gasteiger partial charge in [-0.15, -0.1) is 0 Å². The number of hydrogen-bond donors (Lipinski definition) is 1. The van der Waals surface area contributed by atoms with Crippen LogP contribution in [0.3, 0.4) is 0 Å². The van der Waals surface area contributed by atoms with E-state index in [4.69, 9.17) is 5.73 Å². The number of carbonyl (C=O) groups excluding carboxylic acids is 1. The second-order valence-electron chi connectivity index (χ2n) is 5.49. The number of carbonyl (C=O) groups is 1. The zero-order valence-corrected chi connectivity index (χ0v) is 9.74. The maximum Gasteiger partial charge on any atom is 0.231 e. The smallest absolute Gasteiger partial charge is 0.231 e. The van der Waals surface area contributed by atoms with Crippen LogP contribution >= 0.6 is 0 Å². The standard InChI is InChI=1S/C13H20N2O/c14-13(16)8-15-11-4-5-12(15)7-10(6-11)9-2-1-3-9/h11-12H,1-8H2,(H2,14,16). The van der Waals surface area contributed by atoms with Crippen LogP contribution in [0.4, 0.5) is 0 Å². The number of rotatable bonds is 2. The molecule has 1 aliphatic carbocycles. The van der Waals surface area contributed by atoms with Crippen molar-refractivity contribution >= 4 is 5.91 Å². The molecule has 2 aliphatic heterocycles. The molecule has 2 unspecified atom stereocenters. The summed E-state index contributed by atoms with van der Waals surface area (Å²) in [5, 5.41) is 0. The fraction of sp³-hybridized carbons (Fsp3) is 0.769. The fourth-order valence-electron chi connectivity index (χ4n) is 3.54. The summed E-state index contributed by atoms with van der Waals surface area (Å²) in [5.74, 6) is -0.170. The summed E-state index contributed by atoms with van der Waals surface area (Å²) in [6.07, 6.45) is 9.00. The SMILES string of the molecule is NC(=O)CN1C2CCC1CC(=C1CCC1)C2. The van der Waals surface area contributed by atoms with Gasteiger partial charge in [0.05, 0.1) is 6.54 Å². The van der Waals surface area contributed by atoms with Crippen molar-refractivity contribution in [2.45, 2.75) is 57.0 Å². The molecule has 3 fully saturated rings. The summed E-state index contributed by atoms with van der Waals surface area (Å²) >= 11 is 0. The number of allylic oxidation sites excluding steroid dienone is 1. The average Bonchev–Trinajstić information content (AvgIpc) is 2.41. The van der Waals surface area contributed by atoms with Crippen molar-refractivity contribution in [3.05, 3.63) is 11.1 Å². The highest BCUT2D eigenvalue weighted by Gasteiger charge is 2.39. The number of piperidine rings is 1. The number of hydrogen-bond acceptors (Lipinski definition) is 2. The lowest BCUT2D eigenvalue weighted by Crippen LogP contribution is -2.45. The maximum atomic E-state index is 11.0. The first-order valence-corrected chi connectivity index (χ1v) is 6.48. The Labute approximate surface area is 96.7 Å². The number of amides is 1. The molecule has 1 amide bonds. The van der Waals surface area contributed by atoms with Crippen LogP contribution in [0.1, 0.15) is 44.9 Å². The van der Waals surface area contributed by atoms with Crippen LogP contribution in [-0.4, -0.2) is 29.4 Å². The van der Waals surface area contributed by atoms with Crippen molar-refractivity contribution in [2.24, 2.45) is 5.73 Å². The molecule has 2 bridgehead atoms. The van der Waals surface area contributed by atoms with E-state index in [-0.39, 0.29) is 5.91 Å². The van der Waals surface area contributed by atoms with Crippen molar-refractivity contribution in [1.82, 2.24) is 4.90 Å². The average molecular weight is 220 g/mol. The highest BCUT2D eigenvalue weighted by molar-refractivity contribution is 5.76. The van der Waals surface area contributed by atoms with E-state index in [0.717, 1.165) is 0 Å². The first-order chi connectivity index (χ1) is 7.74. The van der Waals surface area contributed by atoms with Crippen molar-refractivity contribution in [3.63, 3.8) is 0 Å². The van der Waals surface area contributed by atoms with Crippen molar-refractivity contribution in [2.75, 3.05) is 6.54 Å². The van der Waals surface area contributed by atoms with Crippen molar-refractivity contribution in [3.8, 4) is 0 Å². The molecule has 0 aromatic rings. The lowest BCUT2D eigenvalue weighted by atomic mass is 9.82. The van der Waals surface area contributed by atoms with Crippen LogP contribution in [0, 0.1) is 0 Å². The minimum absolute atomic E-state index is 0.170. The number of fused-ring (bicyclic) bond motifs is 2. The van der Waals surface area contributed by atoms with Gasteiger partial charge < -0.3 is 5.73 Å². The summed E-state index contributed by atoms with van der Waals surface area (Å²) in [5.41, 5.74) is 8.77. The topological polar surface area (TPSA) is 46.3 Å². The molecule has 2 atom stereocenters. The Morgan fingerprint density at radius 3 is 2.25 bits per heavy atom. The zero-order chi connectivity index (χ0) is 11.1. The largest absolute Gasteiger partial charge is 0.369 e. The minimum atomic E-state index is -0.170.